The highest BCUT2D eigenvalue weighted by molar-refractivity contribution is 6.59. The van der Waals surface area contributed by atoms with Gasteiger partial charge in [-0.3, -0.25) is 0 Å². The van der Waals surface area contributed by atoms with Crippen molar-refractivity contribution in [3.63, 3.8) is 0 Å². The average molecular weight is 174 g/mol. The maximum atomic E-state index is 9.03. The van der Waals surface area contributed by atoms with Crippen LogP contribution in [0, 0.1) is 0 Å². The molecule has 0 fully saturated rings. The molecule has 66 valence electrons. The van der Waals surface area contributed by atoms with Crippen molar-refractivity contribution in [3.8, 4) is 0 Å². The largest absolute Gasteiger partial charge is 0.489 e. The van der Waals surface area contributed by atoms with Crippen molar-refractivity contribution in [1.29, 1.82) is 0 Å². The molecular formula is C10H11BO2. The van der Waals surface area contributed by atoms with E-state index in [1.165, 1.54) is 0 Å². The smallest absolute Gasteiger partial charge is 0.423 e. The van der Waals surface area contributed by atoms with Gasteiger partial charge < -0.3 is 10.0 Å². The molecule has 0 aliphatic heterocycles. The first kappa shape index (κ1) is 9.77. The lowest BCUT2D eigenvalue weighted by Gasteiger charge is -2.07. The molecule has 2 nitrogen and oxygen atoms in total. The van der Waals surface area contributed by atoms with Gasteiger partial charge in [0.2, 0.25) is 0 Å². The molecular weight excluding hydrogens is 163 g/mol. The molecule has 0 saturated heterocycles. The van der Waals surface area contributed by atoms with Crippen LogP contribution in [0.2, 0.25) is 0 Å². The minimum atomic E-state index is -1.46. The first-order valence-corrected chi connectivity index (χ1v) is 3.94. The zero-order valence-electron chi connectivity index (χ0n) is 7.27. The fourth-order valence-electron chi connectivity index (χ4n) is 1.24. The molecule has 0 saturated carbocycles. The predicted octanol–water partition coefficient (Wildman–Crippen LogP) is 0.652. The number of benzene rings is 1. The van der Waals surface area contributed by atoms with E-state index in [9.17, 15) is 0 Å². The van der Waals surface area contributed by atoms with E-state index in [1.807, 2.05) is 6.07 Å². The van der Waals surface area contributed by atoms with E-state index in [0.717, 1.165) is 5.56 Å². The highest BCUT2D eigenvalue weighted by Gasteiger charge is 2.15. The van der Waals surface area contributed by atoms with E-state index >= 15 is 0 Å². The van der Waals surface area contributed by atoms with Crippen molar-refractivity contribution < 1.29 is 10.0 Å². The molecule has 0 atom stereocenters. The van der Waals surface area contributed by atoms with E-state index in [2.05, 4.69) is 13.2 Å². The number of hydrogen-bond donors (Lipinski definition) is 2. The van der Waals surface area contributed by atoms with Gasteiger partial charge in [0.15, 0.2) is 0 Å². The van der Waals surface area contributed by atoms with Crippen LogP contribution in [-0.4, -0.2) is 17.2 Å². The van der Waals surface area contributed by atoms with Crippen molar-refractivity contribution in [2.24, 2.45) is 0 Å². The second kappa shape index (κ2) is 4.07. The maximum absolute atomic E-state index is 9.03. The van der Waals surface area contributed by atoms with E-state index in [1.54, 1.807) is 24.3 Å². The van der Waals surface area contributed by atoms with Crippen LogP contribution in [0.1, 0.15) is 11.1 Å². The molecule has 0 radical (unpaired) electrons. The molecule has 0 unspecified atom stereocenters. The molecule has 0 spiro atoms. The van der Waals surface area contributed by atoms with Gasteiger partial charge >= 0.3 is 7.12 Å². The fourth-order valence-corrected chi connectivity index (χ4v) is 1.24. The predicted molar refractivity (Wildman–Crippen MR) is 56.4 cm³/mol. The van der Waals surface area contributed by atoms with Crippen LogP contribution >= 0.6 is 0 Å². The SMILES string of the molecule is C=Cc1cccc(B(O)O)c1C=C. The molecule has 0 heterocycles. The molecule has 0 aliphatic carbocycles. The van der Waals surface area contributed by atoms with Gasteiger partial charge in [-0.25, -0.2) is 0 Å². The summed E-state index contributed by atoms with van der Waals surface area (Å²) in [7, 11) is -1.46. The molecule has 1 aromatic rings. The van der Waals surface area contributed by atoms with Crippen LogP contribution in [0.4, 0.5) is 0 Å². The van der Waals surface area contributed by atoms with Crippen molar-refractivity contribution in [3.05, 3.63) is 42.5 Å². The van der Waals surface area contributed by atoms with Gasteiger partial charge in [-0.2, -0.15) is 0 Å². The van der Waals surface area contributed by atoms with E-state index in [0.29, 0.717) is 11.0 Å². The molecule has 0 aliphatic rings. The summed E-state index contributed by atoms with van der Waals surface area (Å²) in [6, 6.07) is 5.24. The summed E-state index contributed by atoms with van der Waals surface area (Å²) in [6.45, 7) is 7.24. The van der Waals surface area contributed by atoms with E-state index < -0.39 is 7.12 Å². The quantitative estimate of drug-likeness (QED) is 0.660. The lowest BCUT2D eigenvalue weighted by Crippen LogP contribution is -2.32. The Labute approximate surface area is 78.0 Å². The van der Waals surface area contributed by atoms with Gasteiger partial charge in [-0.15, -0.1) is 0 Å². The lowest BCUT2D eigenvalue weighted by molar-refractivity contribution is 0.425. The van der Waals surface area contributed by atoms with Gasteiger partial charge in [0.25, 0.3) is 0 Å². The normalized spacial score (nSPS) is 9.38. The van der Waals surface area contributed by atoms with E-state index in [4.69, 9.17) is 10.0 Å². The van der Waals surface area contributed by atoms with Gasteiger partial charge in [-0.1, -0.05) is 43.5 Å². The zero-order valence-corrected chi connectivity index (χ0v) is 7.27. The minimum absolute atomic E-state index is 0.451. The second-order valence-electron chi connectivity index (χ2n) is 2.63. The highest BCUT2D eigenvalue weighted by Crippen LogP contribution is 2.09. The van der Waals surface area contributed by atoms with Crippen molar-refractivity contribution in [1.82, 2.24) is 0 Å². The Morgan fingerprint density at radius 3 is 2.31 bits per heavy atom. The third kappa shape index (κ3) is 1.88. The van der Waals surface area contributed by atoms with Gasteiger partial charge in [0.05, 0.1) is 0 Å². The third-order valence-corrected chi connectivity index (χ3v) is 1.88. The summed E-state index contributed by atoms with van der Waals surface area (Å²) in [5.74, 6) is 0. The summed E-state index contributed by atoms with van der Waals surface area (Å²) in [5.41, 5.74) is 2.01. The van der Waals surface area contributed by atoms with Crippen LogP contribution < -0.4 is 5.46 Å². The number of rotatable bonds is 3. The standard InChI is InChI=1S/C10H11BO2/c1-3-8-6-5-7-10(11(12)13)9(8)4-2/h3-7,12-13H,1-2H2. The Balaban J connectivity index is 3.35. The molecule has 0 bridgehead atoms. The zero-order chi connectivity index (χ0) is 9.84. The second-order valence-corrected chi connectivity index (χ2v) is 2.63. The molecule has 3 heteroatoms. The maximum Gasteiger partial charge on any atom is 0.489 e. The molecule has 2 N–H and O–H groups in total. The average Bonchev–Trinajstić information content (AvgIpc) is 2.16. The van der Waals surface area contributed by atoms with Crippen molar-refractivity contribution >= 4 is 24.7 Å². The van der Waals surface area contributed by atoms with E-state index in [-0.39, 0.29) is 0 Å². The van der Waals surface area contributed by atoms with Crippen molar-refractivity contribution in [2.75, 3.05) is 0 Å². The van der Waals surface area contributed by atoms with Crippen molar-refractivity contribution in [2.45, 2.75) is 0 Å². The fraction of sp³-hybridized carbons (Fsp3) is 0. The first-order chi connectivity index (χ1) is 6.20. The summed E-state index contributed by atoms with van der Waals surface area (Å²) in [5, 5.41) is 18.1. The monoisotopic (exact) mass is 174 g/mol. The molecule has 0 amide bonds. The molecule has 0 aromatic heterocycles. The Morgan fingerprint density at radius 1 is 1.15 bits per heavy atom. The lowest BCUT2D eigenvalue weighted by atomic mass is 9.75. The van der Waals surface area contributed by atoms with Gasteiger partial charge in [0.1, 0.15) is 0 Å². The van der Waals surface area contributed by atoms with Gasteiger partial charge in [0, 0.05) is 0 Å². The van der Waals surface area contributed by atoms with Crippen LogP contribution in [0.3, 0.4) is 0 Å². The Bertz CT molecular complexity index is 332. The van der Waals surface area contributed by atoms with Crippen LogP contribution in [0.15, 0.2) is 31.4 Å². The van der Waals surface area contributed by atoms with Crippen LogP contribution in [0.5, 0.6) is 0 Å². The third-order valence-electron chi connectivity index (χ3n) is 1.88. The molecule has 1 aromatic carbocycles. The Hall–Kier alpha value is -1.32. The first-order valence-electron chi connectivity index (χ1n) is 3.94. The molecule has 13 heavy (non-hydrogen) atoms. The highest BCUT2D eigenvalue weighted by atomic mass is 16.4. The topological polar surface area (TPSA) is 40.5 Å². The Kier molecular flexibility index (Phi) is 3.06. The minimum Gasteiger partial charge on any atom is -0.423 e. The molecule has 1 rings (SSSR count). The number of hydrogen-bond acceptors (Lipinski definition) is 2. The summed E-state index contributed by atoms with van der Waals surface area (Å²) < 4.78 is 0. The summed E-state index contributed by atoms with van der Waals surface area (Å²) in [4.78, 5) is 0. The van der Waals surface area contributed by atoms with Crippen LogP contribution in [-0.2, 0) is 0 Å². The summed E-state index contributed by atoms with van der Waals surface area (Å²) >= 11 is 0. The summed E-state index contributed by atoms with van der Waals surface area (Å²) in [6.07, 6.45) is 3.24. The van der Waals surface area contributed by atoms with Gasteiger partial charge in [-0.05, 0) is 16.6 Å². The Morgan fingerprint density at radius 2 is 1.85 bits per heavy atom. The van der Waals surface area contributed by atoms with Crippen LogP contribution in [0.25, 0.3) is 12.2 Å².